The van der Waals surface area contributed by atoms with Crippen LogP contribution in [0.5, 0.6) is 0 Å². The van der Waals surface area contributed by atoms with Crippen molar-refractivity contribution in [1.29, 1.82) is 0 Å². The van der Waals surface area contributed by atoms with Gasteiger partial charge in [0.1, 0.15) is 0 Å². The first-order valence-corrected chi connectivity index (χ1v) is 8.58. The minimum Gasteiger partial charge on any atom is -0.319 e. The summed E-state index contributed by atoms with van der Waals surface area (Å²) in [7, 11) is 0. The van der Waals surface area contributed by atoms with Crippen molar-refractivity contribution < 1.29 is 22.8 Å². The molecule has 0 unspecified atom stereocenters. The van der Waals surface area contributed by atoms with Crippen molar-refractivity contribution in [3.63, 3.8) is 0 Å². The molecular formula is C20H17F3N4O2. The lowest BCUT2D eigenvalue weighted by Crippen LogP contribution is -2.29. The number of aromatic nitrogens is 2. The maximum Gasteiger partial charge on any atom is 0.471 e. The lowest BCUT2D eigenvalue weighted by molar-refractivity contribution is -0.167. The molecule has 2 amide bonds. The number of benzene rings is 2. The largest absolute Gasteiger partial charge is 0.471 e. The van der Waals surface area contributed by atoms with Crippen LogP contribution in [0.25, 0.3) is 5.69 Å². The van der Waals surface area contributed by atoms with Crippen molar-refractivity contribution >= 4 is 23.2 Å². The second kappa shape index (κ2) is 7.78. The summed E-state index contributed by atoms with van der Waals surface area (Å²) in [6.45, 7) is 3.58. The lowest BCUT2D eigenvalue weighted by Gasteiger charge is -2.09. The molecule has 1 aromatic heterocycles. The highest BCUT2D eigenvalue weighted by Gasteiger charge is 2.38. The molecule has 150 valence electrons. The van der Waals surface area contributed by atoms with Gasteiger partial charge in [-0.3, -0.25) is 9.59 Å². The van der Waals surface area contributed by atoms with E-state index in [1.807, 2.05) is 37.3 Å². The molecule has 2 aromatic carbocycles. The number of nitrogens with one attached hydrogen (secondary N) is 2. The van der Waals surface area contributed by atoms with Crippen LogP contribution >= 0.6 is 0 Å². The maximum absolute atomic E-state index is 12.5. The standard InChI is InChI=1S/C20H17F3N4O2/c1-12-17(13(2)27(26-12)16-6-4-3-5-7-16)25-18(28)14-8-10-15(11-9-14)24-19(29)20(21,22)23/h3-11H,1-2H3,(H,24,29)(H,25,28). The van der Waals surface area contributed by atoms with E-state index < -0.39 is 18.0 Å². The first-order chi connectivity index (χ1) is 13.7. The summed E-state index contributed by atoms with van der Waals surface area (Å²) in [6, 6.07) is 14.5. The van der Waals surface area contributed by atoms with Crippen molar-refractivity contribution in [1.82, 2.24) is 9.78 Å². The van der Waals surface area contributed by atoms with Crippen LogP contribution < -0.4 is 10.6 Å². The minimum absolute atomic E-state index is 0.0619. The Balaban J connectivity index is 1.76. The molecule has 0 aliphatic heterocycles. The summed E-state index contributed by atoms with van der Waals surface area (Å²) in [5.41, 5.74) is 2.91. The average molecular weight is 402 g/mol. The van der Waals surface area contributed by atoms with Gasteiger partial charge in [-0.1, -0.05) is 18.2 Å². The molecule has 0 aliphatic carbocycles. The quantitative estimate of drug-likeness (QED) is 0.685. The Hall–Kier alpha value is -3.62. The molecule has 0 radical (unpaired) electrons. The van der Waals surface area contributed by atoms with Crippen LogP contribution in [-0.2, 0) is 4.79 Å². The van der Waals surface area contributed by atoms with Crippen LogP contribution in [0.4, 0.5) is 24.5 Å². The first-order valence-electron chi connectivity index (χ1n) is 8.58. The number of halogens is 3. The van der Waals surface area contributed by atoms with Gasteiger partial charge in [-0.2, -0.15) is 18.3 Å². The van der Waals surface area contributed by atoms with Gasteiger partial charge < -0.3 is 10.6 Å². The number of anilines is 2. The molecule has 3 rings (SSSR count). The molecule has 0 spiro atoms. The highest BCUT2D eigenvalue weighted by Crippen LogP contribution is 2.24. The Kier molecular flexibility index (Phi) is 5.40. The van der Waals surface area contributed by atoms with E-state index >= 15 is 0 Å². The van der Waals surface area contributed by atoms with Crippen LogP contribution in [0.2, 0.25) is 0 Å². The zero-order valence-electron chi connectivity index (χ0n) is 15.5. The lowest BCUT2D eigenvalue weighted by atomic mass is 10.2. The van der Waals surface area contributed by atoms with Gasteiger partial charge in [-0.25, -0.2) is 4.68 Å². The number of hydrogen-bond acceptors (Lipinski definition) is 3. The minimum atomic E-state index is -4.98. The van der Waals surface area contributed by atoms with Crippen molar-refractivity contribution in [2.24, 2.45) is 0 Å². The normalized spacial score (nSPS) is 11.2. The second-order valence-electron chi connectivity index (χ2n) is 6.28. The second-order valence-corrected chi connectivity index (χ2v) is 6.28. The topological polar surface area (TPSA) is 76.0 Å². The van der Waals surface area contributed by atoms with E-state index in [9.17, 15) is 22.8 Å². The zero-order valence-corrected chi connectivity index (χ0v) is 15.5. The number of carbonyl (C=O) groups is 2. The third kappa shape index (κ3) is 4.45. The number of nitrogens with zero attached hydrogens (tertiary/aromatic N) is 2. The number of hydrogen-bond donors (Lipinski definition) is 2. The third-order valence-electron chi connectivity index (χ3n) is 4.19. The highest BCUT2D eigenvalue weighted by atomic mass is 19.4. The van der Waals surface area contributed by atoms with Gasteiger partial charge in [0.2, 0.25) is 0 Å². The van der Waals surface area contributed by atoms with Crippen molar-refractivity contribution in [2.45, 2.75) is 20.0 Å². The molecule has 0 atom stereocenters. The Bertz CT molecular complexity index is 1040. The van der Waals surface area contributed by atoms with E-state index in [4.69, 9.17) is 0 Å². The Labute approximate surface area is 164 Å². The smallest absolute Gasteiger partial charge is 0.319 e. The van der Waals surface area contributed by atoms with E-state index in [1.54, 1.807) is 16.9 Å². The third-order valence-corrected chi connectivity index (χ3v) is 4.19. The van der Waals surface area contributed by atoms with Crippen molar-refractivity contribution in [3.8, 4) is 5.69 Å². The number of aryl methyl sites for hydroxylation is 1. The highest BCUT2D eigenvalue weighted by molar-refractivity contribution is 6.05. The van der Waals surface area contributed by atoms with Gasteiger partial charge in [0.15, 0.2) is 0 Å². The molecule has 0 saturated heterocycles. The summed E-state index contributed by atoms with van der Waals surface area (Å²) >= 11 is 0. The Morgan fingerprint density at radius 2 is 1.55 bits per heavy atom. The van der Waals surface area contributed by atoms with Gasteiger partial charge in [0.05, 0.1) is 22.8 Å². The SMILES string of the molecule is Cc1nn(-c2ccccc2)c(C)c1NC(=O)c1ccc(NC(=O)C(F)(F)F)cc1. The summed E-state index contributed by atoms with van der Waals surface area (Å²) in [5.74, 6) is -2.52. The van der Waals surface area contributed by atoms with E-state index in [0.29, 0.717) is 11.4 Å². The van der Waals surface area contributed by atoms with Crippen LogP contribution in [0, 0.1) is 13.8 Å². The fraction of sp³-hybridized carbons (Fsp3) is 0.150. The van der Waals surface area contributed by atoms with Crippen LogP contribution in [0.1, 0.15) is 21.7 Å². The summed E-state index contributed by atoms with van der Waals surface area (Å²) in [5, 5.41) is 8.95. The molecule has 0 aliphatic rings. The molecule has 9 heteroatoms. The number of para-hydroxylation sites is 1. The van der Waals surface area contributed by atoms with Crippen LogP contribution in [-0.4, -0.2) is 27.8 Å². The molecule has 3 aromatic rings. The fourth-order valence-electron chi connectivity index (χ4n) is 2.74. The molecular weight excluding hydrogens is 385 g/mol. The number of rotatable bonds is 4. The molecule has 0 fully saturated rings. The number of carbonyl (C=O) groups excluding carboxylic acids is 2. The summed E-state index contributed by atoms with van der Waals surface area (Å²) < 4.78 is 38.6. The molecule has 0 saturated carbocycles. The molecule has 6 nitrogen and oxygen atoms in total. The van der Waals surface area contributed by atoms with Crippen molar-refractivity contribution in [2.75, 3.05) is 10.6 Å². The fourth-order valence-corrected chi connectivity index (χ4v) is 2.74. The Morgan fingerprint density at radius 3 is 2.14 bits per heavy atom. The van der Waals surface area contributed by atoms with E-state index in [-0.39, 0.29) is 11.3 Å². The number of alkyl halides is 3. The predicted molar refractivity (Wildman–Crippen MR) is 102 cm³/mol. The van der Waals surface area contributed by atoms with E-state index in [2.05, 4.69) is 10.4 Å². The number of amides is 2. The van der Waals surface area contributed by atoms with Gasteiger partial charge >= 0.3 is 12.1 Å². The van der Waals surface area contributed by atoms with Crippen LogP contribution in [0.15, 0.2) is 54.6 Å². The summed E-state index contributed by atoms with van der Waals surface area (Å²) in [6.07, 6.45) is -4.98. The maximum atomic E-state index is 12.5. The average Bonchev–Trinajstić information content (AvgIpc) is 2.96. The monoisotopic (exact) mass is 402 g/mol. The van der Waals surface area contributed by atoms with Gasteiger partial charge in [0, 0.05) is 11.3 Å². The molecule has 2 N–H and O–H groups in total. The Morgan fingerprint density at radius 1 is 0.931 bits per heavy atom. The molecule has 1 heterocycles. The van der Waals surface area contributed by atoms with Gasteiger partial charge in [0.25, 0.3) is 5.91 Å². The summed E-state index contributed by atoms with van der Waals surface area (Å²) in [4.78, 5) is 23.5. The van der Waals surface area contributed by atoms with Gasteiger partial charge in [-0.05, 0) is 50.2 Å². The predicted octanol–water partition coefficient (Wildman–Crippen LogP) is 4.24. The van der Waals surface area contributed by atoms with Gasteiger partial charge in [-0.15, -0.1) is 0 Å². The molecule has 29 heavy (non-hydrogen) atoms. The van der Waals surface area contributed by atoms with E-state index in [1.165, 1.54) is 24.3 Å². The first kappa shape index (κ1) is 20.1. The van der Waals surface area contributed by atoms with E-state index in [0.717, 1.165) is 11.4 Å². The van der Waals surface area contributed by atoms with Crippen molar-refractivity contribution in [3.05, 3.63) is 71.5 Å². The van der Waals surface area contributed by atoms with Crippen LogP contribution in [0.3, 0.4) is 0 Å². The molecule has 0 bridgehead atoms. The zero-order chi connectivity index (χ0) is 21.2.